The van der Waals surface area contributed by atoms with Crippen molar-refractivity contribution in [3.8, 4) is 22.9 Å². The molecule has 29 heavy (non-hydrogen) atoms. The monoisotopic (exact) mass is 426 g/mol. The summed E-state index contributed by atoms with van der Waals surface area (Å²) < 4.78 is 13.0. The number of nitrogens with zero attached hydrogens (tertiary/aromatic N) is 4. The van der Waals surface area contributed by atoms with Gasteiger partial charge in [-0.15, -0.1) is 10.2 Å². The van der Waals surface area contributed by atoms with Gasteiger partial charge >= 0.3 is 0 Å². The Balaban J connectivity index is 1.47. The van der Waals surface area contributed by atoms with Gasteiger partial charge in [0.2, 0.25) is 5.89 Å². The highest BCUT2D eigenvalue weighted by Crippen LogP contribution is 2.31. The summed E-state index contributed by atoms with van der Waals surface area (Å²) in [6.45, 7) is 4.52. The molecule has 0 radical (unpaired) electrons. The van der Waals surface area contributed by atoms with E-state index in [1.807, 2.05) is 68.4 Å². The summed E-state index contributed by atoms with van der Waals surface area (Å²) in [5.74, 6) is 1.87. The highest BCUT2D eigenvalue weighted by molar-refractivity contribution is 7.98. The molecule has 8 heteroatoms. The van der Waals surface area contributed by atoms with E-state index in [4.69, 9.17) is 20.8 Å². The Morgan fingerprint density at radius 1 is 1.07 bits per heavy atom. The maximum Gasteiger partial charge on any atom is 0.277 e. The lowest BCUT2D eigenvalue weighted by atomic mass is 10.2. The van der Waals surface area contributed by atoms with Gasteiger partial charge in [-0.25, -0.2) is 4.68 Å². The molecule has 0 amide bonds. The molecule has 0 fully saturated rings. The van der Waals surface area contributed by atoms with Gasteiger partial charge in [-0.05, 0) is 50.2 Å². The lowest BCUT2D eigenvalue weighted by Crippen LogP contribution is -1.95. The fourth-order valence-corrected chi connectivity index (χ4v) is 4.08. The molecule has 0 saturated heterocycles. The van der Waals surface area contributed by atoms with E-state index in [2.05, 4.69) is 15.3 Å². The molecule has 4 aromatic rings. The third-order valence-corrected chi connectivity index (χ3v) is 5.51. The van der Waals surface area contributed by atoms with Crippen LogP contribution < -0.4 is 4.74 Å². The van der Waals surface area contributed by atoms with Crippen LogP contribution in [0.3, 0.4) is 0 Å². The number of para-hydroxylation sites is 1. The van der Waals surface area contributed by atoms with E-state index in [0.717, 1.165) is 28.3 Å². The van der Waals surface area contributed by atoms with Crippen molar-refractivity contribution in [2.45, 2.75) is 24.8 Å². The molecule has 0 unspecified atom stereocenters. The average Bonchev–Trinajstić information content (AvgIpc) is 3.33. The number of halogens is 1. The molecule has 0 N–H and O–H groups in total. The third-order valence-electron chi connectivity index (χ3n) is 4.28. The van der Waals surface area contributed by atoms with Crippen LogP contribution in [0.1, 0.15) is 18.2 Å². The van der Waals surface area contributed by atoms with Crippen molar-refractivity contribution >= 4 is 23.4 Å². The largest absolute Gasteiger partial charge is 0.494 e. The van der Waals surface area contributed by atoms with Gasteiger partial charge in [0.25, 0.3) is 5.22 Å². The van der Waals surface area contributed by atoms with Gasteiger partial charge in [0.1, 0.15) is 10.9 Å². The van der Waals surface area contributed by atoms with Crippen LogP contribution in [0.25, 0.3) is 17.1 Å². The maximum atomic E-state index is 6.58. The zero-order valence-corrected chi connectivity index (χ0v) is 17.6. The molecule has 0 aliphatic carbocycles. The molecule has 2 aromatic heterocycles. The van der Waals surface area contributed by atoms with E-state index in [0.29, 0.717) is 28.6 Å². The van der Waals surface area contributed by atoms with Crippen LogP contribution in [-0.2, 0) is 5.75 Å². The summed E-state index contributed by atoms with van der Waals surface area (Å²) in [7, 11) is 0. The molecule has 0 bridgehead atoms. The second-order valence-electron chi connectivity index (χ2n) is 6.22. The first-order valence-electron chi connectivity index (χ1n) is 9.14. The molecule has 2 heterocycles. The summed E-state index contributed by atoms with van der Waals surface area (Å²) in [4.78, 5) is 0. The van der Waals surface area contributed by atoms with Crippen molar-refractivity contribution in [1.29, 1.82) is 0 Å². The molecule has 4 rings (SSSR count). The smallest absolute Gasteiger partial charge is 0.277 e. The van der Waals surface area contributed by atoms with Crippen LogP contribution in [0.2, 0.25) is 5.15 Å². The maximum absolute atomic E-state index is 6.58. The van der Waals surface area contributed by atoms with Crippen molar-refractivity contribution in [2.75, 3.05) is 6.61 Å². The van der Waals surface area contributed by atoms with Gasteiger partial charge in [0.15, 0.2) is 0 Å². The van der Waals surface area contributed by atoms with Crippen LogP contribution in [0.4, 0.5) is 0 Å². The number of ether oxygens (including phenoxy) is 1. The minimum absolute atomic E-state index is 0.471. The first kappa shape index (κ1) is 19.5. The summed E-state index contributed by atoms with van der Waals surface area (Å²) in [5.41, 5.74) is 3.59. The van der Waals surface area contributed by atoms with E-state index < -0.39 is 0 Å². The average molecular weight is 427 g/mol. The molecule has 2 aromatic carbocycles. The van der Waals surface area contributed by atoms with E-state index in [1.54, 1.807) is 4.68 Å². The number of hydrogen-bond donors (Lipinski definition) is 0. The number of aromatic nitrogens is 4. The number of thioether (sulfide) groups is 1. The minimum atomic E-state index is 0.471. The van der Waals surface area contributed by atoms with Crippen molar-refractivity contribution in [2.24, 2.45) is 0 Å². The third kappa shape index (κ3) is 4.31. The molecule has 0 aliphatic rings. The summed E-state index contributed by atoms with van der Waals surface area (Å²) in [6.07, 6.45) is 0. The first-order valence-corrected chi connectivity index (χ1v) is 10.5. The number of rotatable bonds is 7. The highest BCUT2D eigenvalue weighted by atomic mass is 35.5. The predicted molar refractivity (Wildman–Crippen MR) is 114 cm³/mol. The Morgan fingerprint density at radius 3 is 2.55 bits per heavy atom. The second kappa shape index (κ2) is 8.71. The molecule has 0 aliphatic heterocycles. The van der Waals surface area contributed by atoms with Gasteiger partial charge < -0.3 is 9.15 Å². The van der Waals surface area contributed by atoms with Gasteiger partial charge in [0, 0.05) is 16.9 Å². The van der Waals surface area contributed by atoms with Crippen LogP contribution in [-0.4, -0.2) is 26.6 Å². The zero-order valence-electron chi connectivity index (χ0n) is 16.0. The summed E-state index contributed by atoms with van der Waals surface area (Å²) in [6, 6.07) is 17.4. The molecule has 0 spiro atoms. The van der Waals surface area contributed by atoms with Crippen LogP contribution in [0.15, 0.2) is 64.2 Å². The highest BCUT2D eigenvalue weighted by Gasteiger charge is 2.17. The van der Waals surface area contributed by atoms with Crippen molar-refractivity contribution in [3.05, 3.63) is 71.0 Å². The molecular weight excluding hydrogens is 408 g/mol. The Morgan fingerprint density at radius 2 is 1.83 bits per heavy atom. The van der Waals surface area contributed by atoms with E-state index in [-0.39, 0.29) is 0 Å². The fraction of sp³-hybridized carbons (Fsp3) is 0.190. The van der Waals surface area contributed by atoms with Crippen LogP contribution >= 0.6 is 23.4 Å². The second-order valence-corrected chi connectivity index (χ2v) is 7.51. The zero-order chi connectivity index (χ0) is 20.2. The van der Waals surface area contributed by atoms with Crippen molar-refractivity contribution in [3.63, 3.8) is 0 Å². The molecule has 148 valence electrons. The molecule has 0 atom stereocenters. The van der Waals surface area contributed by atoms with Crippen molar-refractivity contribution in [1.82, 2.24) is 20.0 Å². The van der Waals surface area contributed by atoms with Crippen LogP contribution in [0, 0.1) is 6.92 Å². The van der Waals surface area contributed by atoms with Crippen molar-refractivity contribution < 1.29 is 9.15 Å². The number of aryl methyl sites for hydroxylation is 1. The standard InChI is InChI=1S/C21H19ClN4O2S/c1-3-27-17-11-9-15(10-12-17)20-23-24-21(28-20)29-13-18-14(2)25-26(19(18)22)16-7-5-4-6-8-16/h4-12H,3,13H2,1-2H3. The van der Waals surface area contributed by atoms with E-state index >= 15 is 0 Å². The molecule has 6 nitrogen and oxygen atoms in total. The molecule has 0 saturated carbocycles. The van der Waals surface area contributed by atoms with E-state index in [9.17, 15) is 0 Å². The fourth-order valence-electron chi connectivity index (χ4n) is 2.81. The van der Waals surface area contributed by atoms with Crippen LogP contribution in [0.5, 0.6) is 5.75 Å². The lowest BCUT2D eigenvalue weighted by Gasteiger charge is -2.03. The first-order chi connectivity index (χ1) is 14.2. The summed E-state index contributed by atoms with van der Waals surface area (Å²) >= 11 is 8.02. The van der Waals surface area contributed by atoms with E-state index in [1.165, 1.54) is 11.8 Å². The van der Waals surface area contributed by atoms with Gasteiger partial charge in [-0.1, -0.05) is 41.6 Å². The lowest BCUT2D eigenvalue weighted by molar-refractivity contribution is 0.340. The minimum Gasteiger partial charge on any atom is -0.494 e. The van der Waals surface area contributed by atoms with Gasteiger partial charge in [-0.2, -0.15) is 5.10 Å². The predicted octanol–water partition coefficient (Wildman–Crippen LogP) is 5.58. The Bertz CT molecular complexity index is 1090. The normalized spacial score (nSPS) is 11.0. The Kier molecular flexibility index (Phi) is 5.87. The van der Waals surface area contributed by atoms with Gasteiger partial charge in [0.05, 0.1) is 18.0 Å². The quantitative estimate of drug-likeness (QED) is 0.359. The van der Waals surface area contributed by atoms with Gasteiger partial charge in [-0.3, -0.25) is 0 Å². The SMILES string of the molecule is CCOc1ccc(-c2nnc(SCc3c(C)nn(-c4ccccc4)c3Cl)o2)cc1. The molecular formula is C21H19ClN4O2S. The Labute approximate surface area is 177 Å². The number of benzene rings is 2. The topological polar surface area (TPSA) is 66.0 Å². The summed E-state index contributed by atoms with van der Waals surface area (Å²) in [5, 5.41) is 13.9. The Hall–Kier alpha value is -2.77. The number of hydrogen-bond acceptors (Lipinski definition) is 6.